The Morgan fingerprint density at radius 2 is 2.20 bits per heavy atom. The lowest BCUT2D eigenvalue weighted by molar-refractivity contribution is -0.149. The van der Waals surface area contributed by atoms with Gasteiger partial charge in [0.25, 0.3) is 0 Å². The van der Waals surface area contributed by atoms with E-state index in [4.69, 9.17) is 9.26 Å². The molecule has 1 saturated heterocycles. The predicted molar refractivity (Wildman–Crippen MR) is 93.9 cm³/mol. The topological polar surface area (TPSA) is 68.5 Å². The number of carbonyl (C=O) groups is 1. The molecule has 1 aromatic carbocycles. The Balaban J connectivity index is 1.45. The molecule has 0 spiro atoms. The van der Waals surface area contributed by atoms with Gasteiger partial charge in [0.2, 0.25) is 11.7 Å². The highest BCUT2D eigenvalue weighted by Gasteiger charge is 2.26. The molecule has 1 aliphatic rings. The fraction of sp³-hybridized carbons (Fsp3) is 0.526. The van der Waals surface area contributed by atoms with E-state index in [1.165, 1.54) is 0 Å². The number of aromatic nitrogens is 2. The summed E-state index contributed by atoms with van der Waals surface area (Å²) in [4.78, 5) is 18.7. The Morgan fingerprint density at radius 3 is 3.00 bits per heavy atom. The Kier molecular flexibility index (Phi) is 6.17. The van der Waals surface area contributed by atoms with Crippen molar-refractivity contribution in [3.63, 3.8) is 0 Å². The zero-order valence-corrected chi connectivity index (χ0v) is 14.7. The number of esters is 1. The Hall–Kier alpha value is -2.21. The zero-order valence-electron chi connectivity index (χ0n) is 14.7. The number of ether oxygens (including phenoxy) is 1. The maximum atomic E-state index is 11.9. The molecule has 2 heterocycles. The molecule has 0 aliphatic carbocycles. The van der Waals surface area contributed by atoms with Crippen LogP contribution in [0.25, 0.3) is 11.4 Å². The molecule has 0 amide bonds. The summed E-state index contributed by atoms with van der Waals surface area (Å²) in [6.45, 7) is 5.06. The van der Waals surface area contributed by atoms with Crippen molar-refractivity contribution in [1.82, 2.24) is 15.0 Å². The summed E-state index contributed by atoms with van der Waals surface area (Å²) in [6, 6.07) is 9.83. The van der Waals surface area contributed by atoms with Crippen LogP contribution in [0, 0.1) is 5.92 Å². The van der Waals surface area contributed by atoms with Crippen molar-refractivity contribution in [2.45, 2.75) is 32.6 Å². The highest BCUT2D eigenvalue weighted by molar-refractivity contribution is 5.72. The van der Waals surface area contributed by atoms with Gasteiger partial charge in [-0.3, -0.25) is 4.79 Å². The molecular weight excluding hydrogens is 318 g/mol. The lowest BCUT2D eigenvalue weighted by Gasteiger charge is -2.31. The largest absolute Gasteiger partial charge is 0.466 e. The average Bonchev–Trinajstić information content (AvgIpc) is 3.12. The fourth-order valence-corrected chi connectivity index (χ4v) is 3.23. The van der Waals surface area contributed by atoms with Crippen molar-refractivity contribution >= 4 is 5.97 Å². The molecule has 1 aliphatic heterocycles. The van der Waals surface area contributed by atoms with E-state index in [1.54, 1.807) is 0 Å². The van der Waals surface area contributed by atoms with Crippen molar-refractivity contribution in [2.24, 2.45) is 5.92 Å². The van der Waals surface area contributed by atoms with E-state index in [0.717, 1.165) is 50.9 Å². The van der Waals surface area contributed by atoms with Crippen LogP contribution in [0.2, 0.25) is 0 Å². The van der Waals surface area contributed by atoms with Crippen LogP contribution in [0.15, 0.2) is 34.9 Å². The molecule has 0 saturated carbocycles. The quantitative estimate of drug-likeness (QED) is 0.720. The molecule has 0 bridgehead atoms. The van der Waals surface area contributed by atoms with Crippen LogP contribution in [0.3, 0.4) is 0 Å². The van der Waals surface area contributed by atoms with Gasteiger partial charge in [-0.25, -0.2) is 0 Å². The third-order valence-corrected chi connectivity index (χ3v) is 4.49. The van der Waals surface area contributed by atoms with Crippen molar-refractivity contribution < 1.29 is 14.1 Å². The first kappa shape index (κ1) is 17.6. The van der Waals surface area contributed by atoms with Crippen molar-refractivity contribution in [3.05, 3.63) is 36.2 Å². The van der Waals surface area contributed by atoms with Crippen molar-refractivity contribution in [3.8, 4) is 11.4 Å². The number of hydrogen-bond acceptors (Lipinski definition) is 6. The smallest absolute Gasteiger partial charge is 0.310 e. The molecule has 1 atom stereocenters. The number of aryl methyl sites for hydroxylation is 1. The zero-order chi connectivity index (χ0) is 17.5. The normalized spacial score (nSPS) is 18.2. The van der Waals surface area contributed by atoms with Gasteiger partial charge in [-0.2, -0.15) is 4.98 Å². The number of likely N-dealkylation sites (tertiary alicyclic amines) is 1. The van der Waals surface area contributed by atoms with Gasteiger partial charge < -0.3 is 14.2 Å². The number of carbonyl (C=O) groups excluding carboxylic acids is 1. The molecule has 1 fully saturated rings. The van der Waals surface area contributed by atoms with E-state index in [1.807, 2.05) is 37.3 Å². The van der Waals surface area contributed by atoms with E-state index in [9.17, 15) is 4.79 Å². The minimum absolute atomic E-state index is 0.0155. The minimum atomic E-state index is -0.0587. The summed E-state index contributed by atoms with van der Waals surface area (Å²) < 4.78 is 10.5. The third-order valence-electron chi connectivity index (χ3n) is 4.49. The summed E-state index contributed by atoms with van der Waals surface area (Å²) in [5, 5.41) is 4.05. The molecule has 134 valence electrons. The fourth-order valence-electron chi connectivity index (χ4n) is 3.23. The average molecular weight is 343 g/mol. The van der Waals surface area contributed by atoms with Crippen LogP contribution >= 0.6 is 0 Å². The second-order valence-electron chi connectivity index (χ2n) is 6.37. The number of hydrogen-bond donors (Lipinski definition) is 0. The summed E-state index contributed by atoms with van der Waals surface area (Å²) in [6.07, 6.45) is 3.66. The van der Waals surface area contributed by atoms with Gasteiger partial charge in [0.05, 0.1) is 12.5 Å². The highest BCUT2D eigenvalue weighted by atomic mass is 16.5. The van der Waals surface area contributed by atoms with Gasteiger partial charge in [0.1, 0.15) is 0 Å². The van der Waals surface area contributed by atoms with Crippen molar-refractivity contribution in [2.75, 3.05) is 26.2 Å². The van der Waals surface area contributed by atoms with Gasteiger partial charge in [-0.15, -0.1) is 0 Å². The molecule has 0 radical (unpaired) electrons. The molecule has 2 aromatic rings. The molecule has 6 heteroatoms. The van der Waals surface area contributed by atoms with Crippen LogP contribution in [-0.4, -0.2) is 47.3 Å². The van der Waals surface area contributed by atoms with E-state index in [0.29, 0.717) is 18.3 Å². The van der Waals surface area contributed by atoms with E-state index in [2.05, 4.69) is 15.0 Å². The maximum Gasteiger partial charge on any atom is 0.310 e. The molecule has 0 N–H and O–H groups in total. The molecule has 1 aromatic heterocycles. The summed E-state index contributed by atoms with van der Waals surface area (Å²) in [5.74, 6) is 1.26. The van der Waals surface area contributed by atoms with Crippen LogP contribution in [0.1, 0.15) is 32.1 Å². The van der Waals surface area contributed by atoms with Crippen LogP contribution in [0.4, 0.5) is 0 Å². The first-order chi connectivity index (χ1) is 12.3. The standard InChI is InChI=1S/C19H25N3O3/c1-2-24-19(23)16-10-6-12-22(14-16)13-7-11-17-20-18(21-25-17)15-8-4-3-5-9-15/h3-5,8-9,16H,2,6-7,10-14H2,1H3. The van der Waals surface area contributed by atoms with Crippen molar-refractivity contribution in [1.29, 1.82) is 0 Å². The van der Waals surface area contributed by atoms with E-state index >= 15 is 0 Å². The first-order valence-electron chi connectivity index (χ1n) is 9.03. The monoisotopic (exact) mass is 343 g/mol. The van der Waals surface area contributed by atoms with Crippen LogP contribution in [-0.2, 0) is 16.0 Å². The second-order valence-corrected chi connectivity index (χ2v) is 6.37. The van der Waals surface area contributed by atoms with Gasteiger partial charge in [0, 0.05) is 18.5 Å². The van der Waals surface area contributed by atoms with E-state index in [-0.39, 0.29) is 11.9 Å². The third kappa shape index (κ3) is 4.89. The van der Waals surface area contributed by atoms with E-state index < -0.39 is 0 Å². The molecule has 25 heavy (non-hydrogen) atoms. The van der Waals surface area contributed by atoms with Gasteiger partial charge in [0.15, 0.2) is 0 Å². The predicted octanol–water partition coefficient (Wildman–Crippen LogP) is 2.94. The lowest BCUT2D eigenvalue weighted by Crippen LogP contribution is -2.39. The first-order valence-corrected chi connectivity index (χ1v) is 9.03. The number of piperidine rings is 1. The highest BCUT2D eigenvalue weighted by Crippen LogP contribution is 2.19. The summed E-state index contributed by atoms with van der Waals surface area (Å²) in [5.41, 5.74) is 0.964. The van der Waals surface area contributed by atoms with Gasteiger partial charge in [-0.05, 0) is 39.3 Å². The minimum Gasteiger partial charge on any atom is -0.466 e. The Bertz CT molecular complexity index is 672. The van der Waals surface area contributed by atoms with Crippen LogP contribution < -0.4 is 0 Å². The Labute approximate surface area is 148 Å². The van der Waals surface area contributed by atoms with Gasteiger partial charge >= 0.3 is 5.97 Å². The number of nitrogens with zero attached hydrogens (tertiary/aromatic N) is 3. The Morgan fingerprint density at radius 1 is 1.36 bits per heavy atom. The SMILES string of the molecule is CCOC(=O)C1CCCN(CCCc2nc(-c3ccccc3)no2)C1. The second kappa shape index (κ2) is 8.76. The summed E-state index contributed by atoms with van der Waals surface area (Å²) >= 11 is 0. The maximum absolute atomic E-state index is 11.9. The number of benzene rings is 1. The lowest BCUT2D eigenvalue weighted by atomic mass is 9.98. The molecular formula is C19H25N3O3. The molecule has 3 rings (SSSR count). The number of rotatable bonds is 7. The van der Waals surface area contributed by atoms with Gasteiger partial charge in [-0.1, -0.05) is 35.5 Å². The van der Waals surface area contributed by atoms with Crippen LogP contribution in [0.5, 0.6) is 0 Å². The summed E-state index contributed by atoms with van der Waals surface area (Å²) in [7, 11) is 0. The molecule has 1 unspecified atom stereocenters. The molecule has 6 nitrogen and oxygen atoms in total.